The van der Waals surface area contributed by atoms with Crippen molar-refractivity contribution in [2.24, 2.45) is 0 Å². The molecule has 0 saturated carbocycles. The van der Waals surface area contributed by atoms with Crippen molar-refractivity contribution in [3.8, 4) is 0 Å². The Morgan fingerprint density at radius 2 is 1.73 bits per heavy atom. The molecule has 6 heteroatoms. The topological polar surface area (TPSA) is 56.8 Å². The van der Waals surface area contributed by atoms with Gasteiger partial charge in [-0.25, -0.2) is 4.98 Å². The maximum absolute atomic E-state index is 12.7. The maximum Gasteiger partial charge on any atom is 0.242 e. The molecule has 1 aromatic carbocycles. The van der Waals surface area contributed by atoms with E-state index in [-0.39, 0.29) is 18.4 Å². The number of pyridine rings is 1. The number of anilines is 2. The zero-order valence-electron chi connectivity index (χ0n) is 15.3. The predicted octanol–water partition coefficient (Wildman–Crippen LogP) is 2.09. The third-order valence-corrected chi connectivity index (χ3v) is 4.62. The number of hydrogen-bond donors (Lipinski definition) is 0. The van der Waals surface area contributed by atoms with Gasteiger partial charge in [0.05, 0.1) is 0 Å². The standard InChI is InChI=1S/C20H24N4O2/c1-16-6-8-18(9-7-16)24(17(2)25)15-20(26)23-13-11-22(12-14-23)19-5-3-4-10-21-19/h3-10H,11-15H2,1-2H3. The van der Waals surface area contributed by atoms with Gasteiger partial charge in [-0.3, -0.25) is 9.59 Å². The lowest BCUT2D eigenvalue weighted by molar-refractivity contribution is -0.131. The van der Waals surface area contributed by atoms with Gasteiger partial charge in [0.1, 0.15) is 12.4 Å². The minimum Gasteiger partial charge on any atom is -0.353 e. The van der Waals surface area contributed by atoms with Crippen LogP contribution in [0.5, 0.6) is 0 Å². The molecule has 0 spiro atoms. The van der Waals surface area contributed by atoms with E-state index in [4.69, 9.17) is 0 Å². The fourth-order valence-electron chi connectivity index (χ4n) is 3.07. The molecule has 2 heterocycles. The maximum atomic E-state index is 12.7. The summed E-state index contributed by atoms with van der Waals surface area (Å²) in [6.07, 6.45) is 1.78. The van der Waals surface area contributed by atoms with Crippen molar-refractivity contribution >= 4 is 23.3 Å². The highest BCUT2D eigenvalue weighted by Crippen LogP contribution is 2.17. The first-order chi connectivity index (χ1) is 12.5. The molecule has 1 aliphatic heterocycles. The zero-order chi connectivity index (χ0) is 18.5. The summed E-state index contributed by atoms with van der Waals surface area (Å²) in [7, 11) is 0. The lowest BCUT2D eigenvalue weighted by Crippen LogP contribution is -2.52. The van der Waals surface area contributed by atoms with Crippen molar-refractivity contribution in [2.45, 2.75) is 13.8 Å². The van der Waals surface area contributed by atoms with Crippen molar-refractivity contribution in [1.29, 1.82) is 0 Å². The number of aryl methyl sites for hydroxylation is 1. The van der Waals surface area contributed by atoms with E-state index in [2.05, 4.69) is 9.88 Å². The monoisotopic (exact) mass is 352 g/mol. The Balaban J connectivity index is 1.60. The van der Waals surface area contributed by atoms with Crippen molar-refractivity contribution in [3.63, 3.8) is 0 Å². The Bertz CT molecular complexity index is 753. The van der Waals surface area contributed by atoms with E-state index in [1.807, 2.05) is 54.3 Å². The fraction of sp³-hybridized carbons (Fsp3) is 0.350. The third kappa shape index (κ3) is 4.20. The largest absolute Gasteiger partial charge is 0.353 e. The van der Waals surface area contributed by atoms with Crippen LogP contribution in [0, 0.1) is 6.92 Å². The average molecular weight is 352 g/mol. The van der Waals surface area contributed by atoms with Crippen LogP contribution in [0.1, 0.15) is 12.5 Å². The van der Waals surface area contributed by atoms with Crippen LogP contribution in [0.2, 0.25) is 0 Å². The van der Waals surface area contributed by atoms with Crippen LogP contribution in [0.25, 0.3) is 0 Å². The summed E-state index contributed by atoms with van der Waals surface area (Å²) in [5, 5.41) is 0. The number of benzene rings is 1. The summed E-state index contributed by atoms with van der Waals surface area (Å²) in [6.45, 7) is 6.31. The van der Waals surface area contributed by atoms with Gasteiger partial charge in [-0.2, -0.15) is 0 Å². The number of nitrogens with zero attached hydrogens (tertiary/aromatic N) is 4. The second kappa shape index (κ2) is 7.99. The first kappa shape index (κ1) is 17.9. The molecule has 6 nitrogen and oxygen atoms in total. The Morgan fingerprint density at radius 3 is 2.31 bits per heavy atom. The van der Waals surface area contributed by atoms with Gasteiger partial charge in [0.15, 0.2) is 0 Å². The Kier molecular flexibility index (Phi) is 5.51. The molecule has 0 atom stereocenters. The second-order valence-corrected chi connectivity index (χ2v) is 6.50. The summed E-state index contributed by atoms with van der Waals surface area (Å²) >= 11 is 0. The third-order valence-electron chi connectivity index (χ3n) is 4.62. The molecular weight excluding hydrogens is 328 g/mol. The minimum atomic E-state index is -0.130. The molecule has 0 radical (unpaired) electrons. The van der Waals surface area contributed by atoms with Gasteiger partial charge < -0.3 is 14.7 Å². The smallest absolute Gasteiger partial charge is 0.242 e. The predicted molar refractivity (Wildman–Crippen MR) is 102 cm³/mol. The van der Waals surface area contributed by atoms with E-state index < -0.39 is 0 Å². The van der Waals surface area contributed by atoms with E-state index in [1.54, 1.807) is 6.20 Å². The van der Waals surface area contributed by atoms with E-state index in [0.717, 1.165) is 30.2 Å². The fourth-order valence-corrected chi connectivity index (χ4v) is 3.07. The molecule has 1 saturated heterocycles. The van der Waals surface area contributed by atoms with Crippen molar-refractivity contribution in [3.05, 3.63) is 54.2 Å². The molecule has 1 aliphatic rings. The summed E-state index contributed by atoms with van der Waals surface area (Å²) in [6, 6.07) is 13.5. The molecule has 0 bridgehead atoms. The summed E-state index contributed by atoms with van der Waals surface area (Å²) in [5.74, 6) is 0.778. The van der Waals surface area contributed by atoms with Gasteiger partial charge in [0, 0.05) is 45.0 Å². The SMILES string of the molecule is CC(=O)N(CC(=O)N1CCN(c2ccccn2)CC1)c1ccc(C)cc1. The Labute approximate surface area is 154 Å². The molecule has 0 aliphatic carbocycles. The van der Waals surface area contributed by atoms with Gasteiger partial charge in [-0.15, -0.1) is 0 Å². The summed E-state index contributed by atoms with van der Waals surface area (Å²) in [5.41, 5.74) is 1.87. The molecule has 2 amide bonds. The van der Waals surface area contributed by atoms with Crippen LogP contribution in [-0.2, 0) is 9.59 Å². The number of aromatic nitrogens is 1. The van der Waals surface area contributed by atoms with Gasteiger partial charge in [0.25, 0.3) is 0 Å². The van der Waals surface area contributed by atoms with Crippen LogP contribution in [-0.4, -0.2) is 54.4 Å². The van der Waals surface area contributed by atoms with E-state index >= 15 is 0 Å². The van der Waals surface area contributed by atoms with Crippen LogP contribution < -0.4 is 9.80 Å². The first-order valence-corrected chi connectivity index (χ1v) is 8.83. The highest BCUT2D eigenvalue weighted by atomic mass is 16.2. The quantitative estimate of drug-likeness (QED) is 0.845. The normalized spacial score (nSPS) is 14.2. The molecule has 136 valence electrons. The zero-order valence-corrected chi connectivity index (χ0v) is 15.3. The van der Waals surface area contributed by atoms with E-state index in [0.29, 0.717) is 13.1 Å². The van der Waals surface area contributed by atoms with Crippen LogP contribution in [0.15, 0.2) is 48.7 Å². The van der Waals surface area contributed by atoms with E-state index in [1.165, 1.54) is 11.8 Å². The van der Waals surface area contributed by atoms with Crippen molar-refractivity contribution in [1.82, 2.24) is 9.88 Å². The van der Waals surface area contributed by atoms with Crippen LogP contribution >= 0.6 is 0 Å². The molecular formula is C20H24N4O2. The van der Waals surface area contributed by atoms with Crippen LogP contribution in [0.3, 0.4) is 0 Å². The number of carbonyl (C=O) groups is 2. The molecule has 26 heavy (non-hydrogen) atoms. The molecule has 3 rings (SSSR count). The number of piperazine rings is 1. The number of hydrogen-bond acceptors (Lipinski definition) is 4. The van der Waals surface area contributed by atoms with Gasteiger partial charge >= 0.3 is 0 Å². The molecule has 1 aromatic heterocycles. The van der Waals surface area contributed by atoms with Gasteiger partial charge in [0.2, 0.25) is 11.8 Å². The van der Waals surface area contributed by atoms with Crippen molar-refractivity contribution in [2.75, 3.05) is 42.5 Å². The van der Waals surface area contributed by atoms with Gasteiger partial charge in [-0.1, -0.05) is 23.8 Å². The van der Waals surface area contributed by atoms with Crippen LogP contribution in [0.4, 0.5) is 11.5 Å². The molecule has 2 aromatic rings. The van der Waals surface area contributed by atoms with Gasteiger partial charge in [-0.05, 0) is 31.2 Å². The second-order valence-electron chi connectivity index (χ2n) is 6.50. The number of carbonyl (C=O) groups excluding carboxylic acids is 2. The lowest BCUT2D eigenvalue weighted by atomic mass is 10.2. The van der Waals surface area contributed by atoms with Crippen molar-refractivity contribution < 1.29 is 9.59 Å². The Morgan fingerprint density at radius 1 is 1.04 bits per heavy atom. The molecule has 0 N–H and O–H groups in total. The first-order valence-electron chi connectivity index (χ1n) is 8.83. The minimum absolute atomic E-state index is 0.0264. The average Bonchev–Trinajstić information content (AvgIpc) is 2.67. The highest BCUT2D eigenvalue weighted by Gasteiger charge is 2.24. The van der Waals surface area contributed by atoms with E-state index in [9.17, 15) is 9.59 Å². The number of rotatable bonds is 4. The Hall–Kier alpha value is -2.89. The highest BCUT2D eigenvalue weighted by molar-refractivity contribution is 5.97. The lowest BCUT2D eigenvalue weighted by Gasteiger charge is -2.36. The number of amides is 2. The summed E-state index contributed by atoms with van der Waals surface area (Å²) < 4.78 is 0. The molecule has 0 unspecified atom stereocenters. The summed E-state index contributed by atoms with van der Waals surface area (Å²) in [4.78, 5) is 34.6. The molecule has 1 fully saturated rings.